The molecule has 2 aromatic carbocycles. The summed E-state index contributed by atoms with van der Waals surface area (Å²) in [5.74, 6) is 0.459. The first-order valence-corrected chi connectivity index (χ1v) is 10.2. The molecule has 1 N–H and O–H groups in total. The summed E-state index contributed by atoms with van der Waals surface area (Å²) >= 11 is 0. The number of amides is 2. The zero-order chi connectivity index (χ0) is 21.8. The van der Waals surface area contributed by atoms with Gasteiger partial charge in [-0.2, -0.15) is 4.98 Å². The van der Waals surface area contributed by atoms with Gasteiger partial charge in [-0.15, -0.1) is 0 Å². The zero-order valence-corrected chi connectivity index (χ0v) is 17.2. The number of aromatic nitrogens is 2. The largest absolute Gasteiger partial charge is 0.352 e. The van der Waals surface area contributed by atoms with Crippen LogP contribution in [0.5, 0.6) is 0 Å². The smallest absolute Gasteiger partial charge is 0.253 e. The lowest BCUT2D eigenvalue weighted by Crippen LogP contribution is -2.42. The second kappa shape index (κ2) is 9.07. The average Bonchev–Trinajstić information content (AvgIpc) is 3.24. The quantitative estimate of drug-likeness (QED) is 0.681. The number of piperidine rings is 1. The number of nitrogens with zero attached hydrogens (tertiary/aromatic N) is 3. The van der Waals surface area contributed by atoms with Crippen molar-refractivity contribution in [3.8, 4) is 11.4 Å². The Balaban J connectivity index is 1.28. The standard InChI is InChI=1S/C23H23FN4O3/c1-15-26-21(27-31-15)17-4-6-19(7-5-17)23(30)28-12-10-18(11-13-28)22(29)25-14-16-2-8-20(24)9-3-16/h2-9,18H,10-14H2,1H3,(H,25,29). The van der Waals surface area contributed by atoms with E-state index in [-0.39, 0.29) is 23.5 Å². The molecule has 2 heterocycles. The van der Waals surface area contributed by atoms with E-state index in [4.69, 9.17) is 4.52 Å². The van der Waals surface area contributed by atoms with Gasteiger partial charge in [0.1, 0.15) is 5.82 Å². The maximum atomic E-state index is 13.0. The van der Waals surface area contributed by atoms with Crippen LogP contribution in [0.15, 0.2) is 53.1 Å². The maximum absolute atomic E-state index is 13.0. The number of carbonyl (C=O) groups is 2. The molecule has 1 fully saturated rings. The van der Waals surface area contributed by atoms with Crippen molar-refractivity contribution in [2.45, 2.75) is 26.3 Å². The van der Waals surface area contributed by atoms with Gasteiger partial charge in [-0.3, -0.25) is 9.59 Å². The van der Waals surface area contributed by atoms with E-state index in [1.807, 2.05) is 0 Å². The summed E-state index contributed by atoms with van der Waals surface area (Å²) in [6.45, 7) is 3.14. The SMILES string of the molecule is Cc1nc(-c2ccc(C(=O)N3CCC(C(=O)NCc4ccc(F)cc4)CC3)cc2)no1. The van der Waals surface area contributed by atoms with Crippen LogP contribution in [-0.2, 0) is 11.3 Å². The van der Waals surface area contributed by atoms with E-state index >= 15 is 0 Å². The molecule has 4 rings (SSSR count). The van der Waals surface area contributed by atoms with Gasteiger partial charge in [-0.1, -0.05) is 29.4 Å². The predicted molar refractivity (Wildman–Crippen MR) is 111 cm³/mol. The van der Waals surface area contributed by atoms with E-state index in [0.29, 0.717) is 49.8 Å². The van der Waals surface area contributed by atoms with E-state index in [1.54, 1.807) is 48.2 Å². The molecule has 7 nitrogen and oxygen atoms in total. The lowest BCUT2D eigenvalue weighted by atomic mass is 9.95. The van der Waals surface area contributed by atoms with Crippen molar-refractivity contribution < 1.29 is 18.5 Å². The summed E-state index contributed by atoms with van der Waals surface area (Å²) in [4.78, 5) is 31.2. The molecule has 0 bridgehead atoms. The lowest BCUT2D eigenvalue weighted by molar-refractivity contribution is -0.126. The second-order valence-corrected chi connectivity index (χ2v) is 7.63. The second-order valence-electron chi connectivity index (χ2n) is 7.63. The van der Waals surface area contributed by atoms with Gasteiger partial charge in [0.2, 0.25) is 17.6 Å². The third-order valence-electron chi connectivity index (χ3n) is 5.45. The van der Waals surface area contributed by atoms with Crippen LogP contribution in [0.4, 0.5) is 4.39 Å². The fourth-order valence-corrected chi connectivity index (χ4v) is 3.64. The molecule has 1 saturated heterocycles. The monoisotopic (exact) mass is 422 g/mol. The van der Waals surface area contributed by atoms with Crippen molar-refractivity contribution >= 4 is 11.8 Å². The van der Waals surface area contributed by atoms with Crippen molar-refractivity contribution in [3.05, 3.63) is 71.4 Å². The molecular weight excluding hydrogens is 399 g/mol. The van der Waals surface area contributed by atoms with Gasteiger partial charge < -0.3 is 14.7 Å². The summed E-state index contributed by atoms with van der Waals surface area (Å²) in [7, 11) is 0. The van der Waals surface area contributed by atoms with Gasteiger partial charge in [-0.25, -0.2) is 4.39 Å². The number of hydrogen-bond acceptors (Lipinski definition) is 5. The summed E-state index contributed by atoms with van der Waals surface area (Å²) < 4.78 is 18.0. The fraction of sp³-hybridized carbons (Fsp3) is 0.304. The van der Waals surface area contributed by atoms with Crippen LogP contribution < -0.4 is 5.32 Å². The molecular formula is C23H23FN4O3. The number of rotatable bonds is 5. The minimum Gasteiger partial charge on any atom is -0.352 e. The summed E-state index contributed by atoms with van der Waals surface area (Å²) in [6.07, 6.45) is 1.22. The minimum absolute atomic E-state index is 0.0313. The number of halogens is 1. The highest BCUT2D eigenvalue weighted by molar-refractivity contribution is 5.94. The number of hydrogen-bond donors (Lipinski definition) is 1. The highest BCUT2D eigenvalue weighted by Crippen LogP contribution is 2.21. The van der Waals surface area contributed by atoms with Gasteiger partial charge >= 0.3 is 0 Å². The van der Waals surface area contributed by atoms with E-state index < -0.39 is 0 Å². The Morgan fingerprint density at radius 2 is 1.77 bits per heavy atom. The normalized spacial score (nSPS) is 14.5. The van der Waals surface area contributed by atoms with Crippen molar-refractivity contribution in [2.75, 3.05) is 13.1 Å². The first-order valence-electron chi connectivity index (χ1n) is 10.2. The summed E-state index contributed by atoms with van der Waals surface area (Å²) in [6, 6.07) is 13.2. The number of likely N-dealkylation sites (tertiary alicyclic amines) is 1. The van der Waals surface area contributed by atoms with Crippen molar-refractivity contribution in [1.29, 1.82) is 0 Å². The Hall–Kier alpha value is -3.55. The Bertz CT molecular complexity index is 1060. The van der Waals surface area contributed by atoms with Crippen LogP contribution in [0.25, 0.3) is 11.4 Å². The molecule has 0 aliphatic carbocycles. The van der Waals surface area contributed by atoms with Crippen LogP contribution in [0, 0.1) is 18.7 Å². The molecule has 0 atom stereocenters. The van der Waals surface area contributed by atoms with Gasteiger partial charge in [-0.05, 0) is 42.7 Å². The molecule has 3 aromatic rings. The Kier molecular flexibility index (Phi) is 6.06. The molecule has 2 amide bonds. The fourth-order valence-electron chi connectivity index (χ4n) is 3.64. The Morgan fingerprint density at radius 3 is 2.39 bits per heavy atom. The summed E-state index contributed by atoms with van der Waals surface area (Å²) in [5.41, 5.74) is 2.22. The first-order chi connectivity index (χ1) is 15.0. The first kappa shape index (κ1) is 20.7. The third-order valence-corrected chi connectivity index (χ3v) is 5.45. The average molecular weight is 422 g/mol. The van der Waals surface area contributed by atoms with Crippen LogP contribution >= 0.6 is 0 Å². The maximum Gasteiger partial charge on any atom is 0.253 e. The topological polar surface area (TPSA) is 88.3 Å². The van der Waals surface area contributed by atoms with Gasteiger partial charge in [0.05, 0.1) is 0 Å². The number of nitrogens with one attached hydrogen (secondary N) is 1. The predicted octanol–water partition coefficient (Wildman–Crippen LogP) is 3.35. The number of benzene rings is 2. The number of aryl methyl sites for hydroxylation is 1. The van der Waals surface area contributed by atoms with E-state index in [1.165, 1.54) is 12.1 Å². The van der Waals surface area contributed by atoms with E-state index in [9.17, 15) is 14.0 Å². The van der Waals surface area contributed by atoms with Crippen LogP contribution in [0.2, 0.25) is 0 Å². The molecule has 1 aliphatic rings. The van der Waals surface area contributed by atoms with E-state index in [2.05, 4.69) is 15.5 Å². The van der Waals surface area contributed by atoms with Gasteiger partial charge in [0, 0.05) is 43.6 Å². The van der Waals surface area contributed by atoms with Crippen molar-refractivity contribution in [3.63, 3.8) is 0 Å². The molecule has 0 unspecified atom stereocenters. The van der Waals surface area contributed by atoms with Crippen LogP contribution in [0.3, 0.4) is 0 Å². The van der Waals surface area contributed by atoms with Gasteiger partial charge in [0.25, 0.3) is 5.91 Å². The van der Waals surface area contributed by atoms with Crippen LogP contribution in [-0.4, -0.2) is 39.9 Å². The Labute approximate surface area is 179 Å². The molecule has 1 aliphatic heterocycles. The lowest BCUT2D eigenvalue weighted by Gasteiger charge is -2.31. The minimum atomic E-state index is -0.299. The number of carbonyl (C=O) groups excluding carboxylic acids is 2. The Morgan fingerprint density at radius 1 is 1.10 bits per heavy atom. The van der Waals surface area contributed by atoms with Crippen molar-refractivity contribution in [1.82, 2.24) is 20.4 Å². The highest BCUT2D eigenvalue weighted by Gasteiger charge is 2.27. The van der Waals surface area contributed by atoms with Gasteiger partial charge in [0.15, 0.2) is 0 Å². The molecule has 31 heavy (non-hydrogen) atoms. The zero-order valence-electron chi connectivity index (χ0n) is 17.2. The third kappa shape index (κ3) is 4.96. The van der Waals surface area contributed by atoms with Crippen LogP contribution in [0.1, 0.15) is 34.7 Å². The van der Waals surface area contributed by atoms with Crippen molar-refractivity contribution in [2.24, 2.45) is 5.92 Å². The molecule has 160 valence electrons. The molecule has 8 heteroatoms. The molecule has 0 spiro atoms. The molecule has 0 saturated carbocycles. The molecule has 1 aromatic heterocycles. The van der Waals surface area contributed by atoms with E-state index in [0.717, 1.165) is 11.1 Å². The molecule has 0 radical (unpaired) electrons. The highest BCUT2D eigenvalue weighted by atomic mass is 19.1. The summed E-state index contributed by atoms with van der Waals surface area (Å²) in [5, 5.41) is 6.78.